The van der Waals surface area contributed by atoms with E-state index < -0.39 is 0 Å². The van der Waals surface area contributed by atoms with Crippen LogP contribution < -0.4 is 0 Å². The lowest BCUT2D eigenvalue weighted by Gasteiger charge is -2.33. The van der Waals surface area contributed by atoms with Crippen molar-refractivity contribution in [2.75, 3.05) is 0 Å². The SMILES string of the molecule is Cc1cccc(-c2noc(CN(C(=O)c3cccc(Cl)c3)C3CCCCC3)n2)c1. The number of aryl methyl sites for hydroxylation is 1. The maximum absolute atomic E-state index is 13.3. The number of hydrogen-bond donors (Lipinski definition) is 0. The Morgan fingerprint density at radius 3 is 2.69 bits per heavy atom. The van der Waals surface area contributed by atoms with Crippen molar-refractivity contribution in [2.45, 2.75) is 51.6 Å². The van der Waals surface area contributed by atoms with Crippen LogP contribution in [0.25, 0.3) is 11.4 Å². The normalized spacial score (nSPS) is 14.7. The Morgan fingerprint density at radius 2 is 1.93 bits per heavy atom. The van der Waals surface area contributed by atoms with Crippen LogP contribution in [0.15, 0.2) is 53.1 Å². The fraction of sp³-hybridized carbons (Fsp3) is 0.348. The van der Waals surface area contributed by atoms with Crippen molar-refractivity contribution < 1.29 is 9.32 Å². The number of halogens is 1. The van der Waals surface area contributed by atoms with Gasteiger partial charge in [-0.25, -0.2) is 0 Å². The summed E-state index contributed by atoms with van der Waals surface area (Å²) in [5, 5.41) is 4.68. The number of rotatable bonds is 5. The first-order valence-corrected chi connectivity index (χ1v) is 10.4. The molecule has 0 unspecified atom stereocenters. The average molecular weight is 410 g/mol. The Morgan fingerprint density at radius 1 is 1.14 bits per heavy atom. The highest BCUT2D eigenvalue weighted by Crippen LogP contribution is 2.27. The van der Waals surface area contributed by atoms with E-state index in [1.165, 1.54) is 6.42 Å². The van der Waals surface area contributed by atoms with Crippen molar-refractivity contribution in [1.29, 1.82) is 0 Å². The van der Waals surface area contributed by atoms with Gasteiger partial charge in [-0.15, -0.1) is 0 Å². The Kier molecular flexibility index (Phi) is 5.95. The fourth-order valence-electron chi connectivity index (χ4n) is 3.91. The van der Waals surface area contributed by atoms with Crippen LogP contribution in [-0.2, 0) is 6.54 Å². The molecule has 1 saturated carbocycles. The molecule has 0 N–H and O–H groups in total. The van der Waals surface area contributed by atoms with Gasteiger partial charge in [0.2, 0.25) is 11.7 Å². The number of aromatic nitrogens is 2. The molecule has 0 atom stereocenters. The van der Waals surface area contributed by atoms with E-state index in [9.17, 15) is 4.79 Å². The van der Waals surface area contributed by atoms with Crippen LogP contribution in [0.5, 0.6) is 0 Å². The molecule has 1 fully saturated rings. The molecule has 0 saturated heterocycles. The third-order valence-corrected chi connectivity index (χ3v) is 5.63. The van der Waals surface area contributed by atoms with E-state index in [1.54, 1.807) is 24.3 Å². The molecule has 5 nitrogen and oxygen atoms in total. The summed E-state index contributed by atoms with van der Waals surface area (Å²) in [6.07, 6.45) is 5.45. The molecule has 0 aliphatic heterocycles. The maximum atomic E-state index is 13.3. The Bertz CT molecular complexity index is 995. The van der Waals surface area contributed by atoms with Gasteiger partial charge in [-0.05, 0) is 44.0 Å². The predicted octanol–water partition coefficient (Wildman–Crippen LogP) is 5.67. The summed E-state index contributed by atoms with van der Waals surface area (Å²) >= 11 is 6.11. The van der Waals surface area contributed by atoms with Gasteiger partial charge in [0.1, 0.15) is 6.54 Å². The minimum absolute atomic E-state index is 0.0466. The smallest absolute Gasteiger partial charge is 0.254 e. The molecule has 0 radical (unpaired) electrons. The minimum atomic E-state index is -0.0466. The number of benzene rings is 2. The van der Waals surface area contributed by atoms with Gasteiger partial charge < -0.3 is 9.42 Å². The van der Waals surface area contributed by atoms with Crippen molar-refractivity contribution in [3.63, 3.8) is 0 Å². The lowest BCUT2D eigenvalue weighted by Crippen LogP contribution is -2.41. The second kappa shape index (κ2) is 8.78. The molecule has 150 valence electrons. The maximum Gasteiger partial charge on any atom is 0.254 e. The van der Waals surface area contributed by atoms with E-state index in [0.29, 0.717) is 28.8 Å². The molecule has 1 aromatic heterocycles. The largest absolute Gasteiger partial charge is 0.337 e. The second-order valence-electron chi connectivity index (χ2n) is 7.62. The quantitative estimate of drug-likeness (QED) is 0.544. The van der Waals surface area contributed by atoms with Crippen LogP contribution in [0.1, 0.15) is 53.9 Å². The van der Waals surface area contributed by atoms with Gasteiger partial charge in [0.15, 0.2) is 0 Å². The van der Waals surface area contributed by atoms with E-state index in [-0.39, 0.29) is 11.9 Å². The monoisotopic (exact) mass is 409 g/mol. The summed E-state index contributed by atoms with van der Waals surface area (Å²) in [5.41, 5.74) is 2.63. The number of hydrogen-bond acceptors (Lipinski definition) is 4. The molecule has 1 aliphatic rings. The number of carbonyl (C=O) groups is 1. The first-order chi connectivity index (χ1) is 14.1. The van der Waals surface area contributed by atoms with E-state index >= 15 is 0 Å². The molecule has 0 spiro atoms. The molecule has 1 amide bonds. The van der Waals surface area contributed by atoms with E-state index in [4.69, 9.17) is 16.1 Å². The highest BCUT2D eigenvalue weighted by molar-refractivity contribution is 6.30. The average Bonchev–Trinajstić information content (AvgIpc) is 3.21. The fourth-order valence-corrected chi connectivity index (χ4v) is 4.10. The zero-order valence-electron chi connectivity index (χ0n) is 16.5. The molecular formula is C23H24ClN3O2. The van der Waals surface area contributed by atoms with Gasteiger partial charge in [0.25, 0.3) is 5.91 Å². The van der Waals surface area contributed by atoms with E-state index in [1.807, 2.05) is 36.1 Å². The summed E-state index contributed by atoms with van der Waals surface area (Å²) in [5.74, 6) is 0.944. The molecule has 3 aromatic rings. The van der Waals surface area contributed by atoms with Crippen LogP contribution in [0, 0.1) is 6.92 Å². The van der Waals surface area contributed by atoms with E-state index in [2.05, 4.69) is 10.1 Å². The van der Waals surface area contributed by atoms with Crippen LogP contribution in [0.3, 0.4) is 0 Å². The van der Waals surface area contributed by atoms with Crippen molar-refractivity contribution in [2.24, 2.45) is 0 Å². The summed E-state index contributed by atoms with van der Waals surface area (Å²) in [7, 11) is 0. The third-order valence-electron chi connectivity index (χ3n) is 5.40. The number of nitrogens with zero attached hydrogens (tertiary/aromatic N) is 3. The molecule has 2 aromatic carbocycles. The molecule has 1 heterocycles. The topological polar surface area (TPSA) is 59.2 Å². The second-order valence-corrected chi connectivity index (χ2v) is 8.05. The lowest BCUT2D eigenvalue weighted by molar-refractivity contribution is 0.0586. The first-order valence-electron chi connectivity index (χ1n) is 10.1. The third kappa shape index (κ3) is 4.67. The Hall–Kier alpha value is -2.66. The highest BCUT2D eigenvalue weighted by atomic mass is 35.5. The summed E-state index contributed by atoms with van der Waals surface area (Å²) in [4.78, 5) is 19.7. The van der Waals surface area contributed by atoms with Crippen molar-refractivity contribution in [3.05, 3.63) is 70.6 Å². The van der Waals surface area contributed by atoms with Crippen molar-refractivity contribution in [3.8, 4) is 11.4 Å². The van der Waals surface area contributed by atoms with Gasteiger partial charge in [-0.3, -0.25) is 4.79 Å². The zero-order chi connectivity index (χ0) is 20.2. The number of carbonyl (C=O) groups excluding carboxylic acids is 1. The Labute approximate surface area is 175 Å². The minimum Gasteiger partial charge on any atom is -0.337 e. The predicted molar refractivity (Wildman–Crippen MR) is 113 cm³/mol. The van der Waals surface area contributed by atoms with Crippen molar-refractivity contribution in [1.82, 2.24) is 15.0 Å². The molecule has 6 heteroatoms. The summed E-state index contributed by atoms with van der Waals surface area (Å²) in [6, 6.07) is 15.2. The van der Waals surface area contributed by atoms with Crippen LogP contribution >= 0.6 is 11.6 Å². The van der Waals surface area contributed by atoms with Crippen LogP contribution in [0.4, 0.5) is 0 Å². The van der Waals surface area contributed by atoms with E-state index in [0.717, 1.165) is 36.8 Å². The van der Waals surface area contributed by atoms with Gasteiger partial charge in [-0.2, -0.15) is 4.98 Å². The van der Waals surface area contributed by atoms with Gasteiger partial charge in [0, 0.05) is 22.2 Å². The standard InChI is InChI=1S/C23H24ClN3O2/c1-16-7-5-8-17(13-16)22-25-21(29-26-22)15-27(20-11-3-2-4-12-20)23(28)18-9-6-10-19(24)14-18/h5-10,13-14,20H,2-4,11-12,15H2,1H3. The summed E-state index contributed by atoms with van der Waals surface area (Å²) in [6.45, 7) is 2.33. The lowest BCUT2D eigenvalue weighted by atomic mass is 9.93. The van der Waals surface area contributed by atoms with Gasteiger partial charge >= 0.3 is 0 Å². The van der Waals surface area contributed by atoms with Crippen molar-refractivity contribution >= 4 is 17.5 Å². The highest BCUT2D eigenvalue weighted by Gasteiger charge is 2.28. The summed E-state index contributed by atoms with van der Waals surface area (Å²) < 4.78 is 5.51. The van der Waals surface area contributed by atoms with Crippen LogP contribution in [0.2, 0.25) is 5.02 Å². The molecule has 0 bridgehead atoms. The first kappa shape index (κ1) is 19.6. The molecule has 29 heavy (non-hydrogen) atoms. The van der Waals surface area contributed by atoms with Crippen LogP contribution in [-0.4, -0.2) is 27.0 Å². The zero-order valence-corrected chi connectivity index (χ0v) is 17.2. The number of amides is 1. The Balaban J connectivity index is 1.59. The van der Waals surface area contributed by atoms with Gasteiger partial charge in [0.05, 0.1) is 0 Å². The van der Waals surface area contributed by atoms with Gasteiger partial charge in [-0.1, -0.05) is 65.8 Å². The molecular weight excluding hydrogens is 386 g/mol. The molecule has 1 aliphatic carbocycles. The molecule has 4 rings (SSSR count).